The summed E-state index contributed by atoms with van der Waals surface area (Å²) in [6.07, 6.45) is 0.622. The number of carboxylic acid groups (broad SMARTS) is 1. The Morgan fingerprint density at radius 2 is 1.21 bits per heavy atom. The van der Waals surface area contributed by atoms with E-state index < -0.39 is 17.6 Å². The van der Waals surface area contributed by atoms with E-state index in [1.54, 1.807) is 0 Å². The van der Waals surface area contributed by atoms with Gasteiger partial charge in [0.15, 0.2) is 0 Å². The van der Waals surface area contributed by atoms with Crippen LogP contribution >= 0.6 is 0 Å². The molecule has 0 radical (unpaired) electrons. The summed E-state index contributed by atoms with van der Waals surface area (Å²) in [4.78, 5) is 14.6. The molecule has 1 heterocycles. The molecule has 1 N–H and O–H groups in total. The van der Waals surface area contributed by atoms with Gasteiger partial charge in [-0.1, -0.05) is 105 Å². The van der Waals surface area contributed by atoms with Crippen molar-refractivity contribution in [2.45, 2.75) is 31.8 Å². The summed E-state index contributed by atoms with van der Waals surface area (Å²) < 4.78 is 0. The van der Waals surface area contributed by atoms with Crippen LogP contribution in [0.1, 0.15) is 37.0 Å². The van der Waals surface area contributed by atoms with Crippen LogP contribution in [-0.2, 0) is 10.3 Å². The third kappa shape index (κ3) is 3.36. The van der Waals surface area contributed by atoms with Crippen molar-refractivity contribution in [3.8, 4) is 0 Å². The lowest BCUT2D eigenvalue weighted by Crippen LogP contribution is -2.53. The molecule has 148 valence electrons. The molecule has 3 aromatic carbocycles. The maximum atomic E-state index is 12.4. The molecule has 3 heteroatoms. The second-order valence-electron chi connectivity index (χ2n) is 8.66. The first-order valence-electron chi connectivity index (χ1n) is 10.1. The Hall–Kier alpha value is -2.91. The monoisotopic (exact) mass is 385 g/mol. The highest BCUT2D eigenvalue weighted by atomic mass is 16.4. The number of aliphatic carboxylic acids is 1. The van der Waals surface area contributed by atoms with Crippen LogP contribution in [0.15, 0.2) is 91.0 Å². The molecule has 1 aliphatic rings. The first kappa shape index (κ1) is 19.4. The highest BCUT2D eigenvalue weighted by Gasteiger charge is 2.53. The molecule has 0 aliphatic carbocycles. The van der Waals surface area contributed by atoms with Crippen LogP contribution in [0, 0.1) is 5.41 Å². The smallest absolute Gasteiger partial charge is 0.320 e. The lowest BCUT2D eigenvalue weighted by atomic mass is 9.75. The standard InChI is InChI=1S/C26H27NO2/c1-25(2)18-23(24(28)29)27(19-25)26(20-12-6-3-7-13-20,21-14-8-4-9-15-21)22-16-10-5-11-17-22/h3-17,23H,18-19H2,1-2H3,(H,28,29)/t23-/m0/s1. The maximum Gasteiger partial charge on any atom is 0.320 e. The highest BCUT2D eigenvalue weighted by molar-refractivity contribution is 5.75. The fraction of sp³-hybridized carbons (Fsp3) is 0.269. The first-order chi connectivity index (χ1) is 13.9. The molecular weight excluding hydrogens is 358 g/mol. The normalized spacial score (nSPS) is 19.2. The zero-order valence-corrected chi connectivity index (χ0v) is 17.0. The van der Waals surface area contributed by atoms with Gasteiger partial charge in [-0.05, 0) is 28.5 Å². The minimum Gasteiger partial charge on any atom is -0.480 e. The summed E-state index contributed by atoms with van der Waals surface area (Å²) in [5.41, 5.74) is 2.48. The average molecular weight is 386 g/mol. The minimum absolute atomic E-state index is 0.0906. The van der Waals surface area contributed by atoms with Gasteiger partial charge in [0.25, 0.3) is 0 Å². The van der Waals surface area contributed by atoms with Gasteiger partial charge in [0, 0.05) is 6.54 Å². The molecule has 1 saturated heterocycles. The molecule has 29 heavy (non-hydrogen) atoms. The molecule has 0 unspecified atom stereocenters. The van der Waals surface area contributed by atoms with E-state index in [-0.39, 0.29) is 5.41 Å². The second kappa shape index (κ2) is 7.49. The predicted octanol–water partition coefficient (Wildman–Crippen LogP) is 5.16. The van der Waals surface area contributed by atoms with E-state index in [2.05, 4.69) is 55.1 Å². The summed E-state index contributed by atoms with van der Waals surface area (Å²) in [6.45, 7) is 5.02. The van der Waals surface area contributed by atoms with Gasteiger partial charge in [-0.2, -0.15) is 0 Å². The molecule has 0 amide bonds. The van der Waals surface area contributed by atoms with E-state index in [0.717, 1.165) is 16.7 Å². The molecule has 1 aliphatic heterocycles. The number of hydrogen-bond acceptors (Lipinski definition) is 2. The molecule has 3 nitrogen and oxygen atoms in total. The summed E-state index contributed by atoms with van der Waals surface area (Å²) in [5, 5.41) is 10.2. The number of likely N-dealkylation sites (tertiary alicyclic amines) is 1. The molecule has 0 bridgehead atoms. The zero-order chi connectivity index (χ0) is 20.5. The highest BCUT2D eigenvalue weighted by Crippen LogP contribution is 2.49. The second-order valence-corrected chi connectivity index (χ2v) is 8.66. The third-order valence-corrected chi connectivity index (χ3v) is 6.01. The molecule has 1 atom stereocenters. The van der Waals surface area contributed by atoms with Crippen LogP contribution in [0.25, 0.3) is 0 Å². The van der Waals surface area contributed by atoms with Crippen LogP contribution in [0.4, 0.5) is 0 Å². The van der Waals surface area contributed by atoms with E-state index in [1.165, 1.54) is 0 Å². The molecule has 0 aromatic heterocycles. The van der Waals surface area contributed by atoms with Crippen molar-refractivity contribution >= 4 is 5.97 Å². The van der Waals surface area contributed by atoms with Gasteiger partial charge in [-0.3, -0.25) is 9.69 Å². The van der Waals surface area contributed by atoms with Gasteiger partial charge in [-0.25, -0.2) is 0 Å². The van der Waals surface area contributed by atoms with E-state index in [9.17, 15) is 9.90 Å². The third-order valence-electron chi connectivity index (χ3n) is 6.01. The number of rotatable bonds is 5. The minimum atomic E-state index is -0.761. The molecule has 0 saturated carbocycles. The van der Waals surface area contributed by atoms with Gasteiger partial charge >= 0.3 is 5.97 Å². The summed E-state index contributed by atoms with van der Waals surface area (Å²) in [6, 6.07) is 30.4. The Labute approximate surface area is 172 Å². The van der Waals surface area contributed by atoms with E-state index in [4.69, 9.17) is 0 Å². The molecular formula is C26H27NO2. The fourth-order valence-electron chi connectivity index (χ4n) is 4.88. The molecule has 3 aromatic rings. The zero-order valence-electron chi connectivity index (χ0n) is 17.0. The molecule has 0 spiro atoms. The Morgan fingerprint density at radius 1 is 0.828 bits per heavy atom. The largest absolute Gasteiger partial charge is 0.480 e. The van der Waals surface area contributed by atoms with Gasteiger partial charge in [0.1, 0.15) is 6.04 Å². The number of benzene rings is 3. The van der Waals surface area contributed by atoms with E-state index in [0.29, 0.717) is 13.0 Å². The van der Waals surface area contributed by atoms with Crippen LogP contribution in [0.5, 0.6) is 0 Å². The number of carbonyl (C=O) groups is 1. The van der Waals surface area contributed by atoms with Gasteiger partial charge in [0.2, 0.25) is 0 Å². The Morgan fingerprint density at radius 3 is 1.55 bits per heavy atom. The van der Waals surface area contributed by atoms with E-state index >= 15 is 0 Å². The van der Waals surface area contributed by atoms with Gasteiger partial charge in [-0.15, -0.1) is 0 Å². The van der Waals surface area contributed by atoms with Crippen molar-refractivity contribution in [1.29, 1.82) is 0 Å². The van der Waals surface area contributed by atoms with Crippen molar-refractivity contribution in [3.63, 3.8) is 0 Å². The molecule has 4 rings (SSSR count). The summed E-state index contributed by atoms with van der Waals surface area (Å²) in [5.74, 6) is -0.761. The van der Waals surface area contributed by atoms with Crippen molar-refractivity contribution in [3.05, 3.63) is 108 Å². The lowest BCUT2D eigenvalue weighted by molar-refractivity contribution is -0.143. The van der Waals surface area contributed by atoms with E-state index in [1.807, 2.05) is 54.6 Å². The van der Waals surface area contributed by atoms with Gasteiger partial charge < -0.3 is 5.11 Å². The Balaban J connectivity index is 2.07. The number of nitrogens with zero attached hydrogens (tertiary/aromatic N) is 1. The van der Waals surface area contributed by atoms with Crippen molar-refractivity contribution in [2.24, 2.45) is 5.41 Å². The Bertz CT molecular complexity index is 871. The topological polar surface area (TPSA) is 40.5 Å². The molecule has 1 fully saturated rings. The maximum absolute atomic E-state index is 12.4. The van der Waals surface area contributed by atoms with Crippen LogP contribution in [0.3, 0.4) is 0 Å². The van der Waals surface area contributed by atoms with Crippen molar-refractivity contribution < 1.29 is 9.90 Å². The fourth-order valence-corrected chi connectivity index (χ4v) is 4.88. The lowest BCUT2D eigenvalue weighted by Gasteiger charge is -2.46. The first-order valence-corrected chi connectivity index (χ1v) is 10.1. The number of carboxylic acids is 1. The van der Waals surface area contributed by atoms with Gasteiger partial charge in [0.05, 0.1) is 5.54 Å². The van der Waals surface area contributed by atoms with Crippen molar-refractivity contribution in [1.82, 2.24) is 4.90 Å². The van der Waals surface area contributed by atoms with Crippen molar-refractivity contribution in [2.75, 3.05) is 6.54 Å². The quantitative estimate of drug-likeness (QED) is 0.617. The average Bonchev–Trinajstić information content (AvgIpc) is 3.07. The summed E-state index contributed by atoms with van der Waals surface area (Å²) in [7, 11) is 0. The van der Waals surface area contributed by atoms with Crippen LogP contribution < -0.4 is 0 Å². The van der Waals surface area contributed by atoms with Crippen LogP contribution in [0.2, 0.25) is 0 Å². The Kier molecular flexibility index (Phi) is 5.01. The predicted molar refractivity (Wildman–Crippen MR) is 116 cm³/mol. The number of hydrogen-bond donors (Lipinski definition) is 1. The summed E-state index contributed by atoms with van der Waals surface area (Å²) >= 11 is 0. The SMILES string of the molecule is CC1(C)C[C@@H](C(=O)O)N(C(c2ccccc2)(c2ccccc2)c2ccccc2)C1. The van der Waals surface area contributed by atoms with Crippen LogP contribution in [-0.4, -0.2) is 28.6 Å².